The van der Waals surface area contributed by atoms with Gasteiger partial charge in [-0.2, -0.15) is 0 Å². The molecule has 0 atom stereocenters. The van der Waals surface area contributed by atoms with Crippen LogP contribution < -0.4 is 0 Å². The Morgan fingerprint density at radius 1 is 0.938 bits per heavy atom. The molecular weight excluding hydrogens is 406 g/mol. The van der Waals surface area contributed by atoms with Crippen LogP contribution in [-0.4, -0.2) is 4.98 Å². The Morgan fingerprint density at radius 3 is 2.44 bits per heavy atom. The molecule has 164 valence electrons. The summed E-state index contributed by atoms with van der Waals surface area (Å²) in [6.45, 7) is 11.0. The highest BCUT2D eigenvalue weighted by atomic mass is 32.2. The molecule has 1 aliphatic heterocycles. The quantitative estimate of drug-likeness (QED) is 0.269. The summed E-state index contributed by atoms with van der Waals surface area (Å²) in [5, 5.41) is 3.65. The lowest BCUT2D eigenvalue weighted by molar-refractivity contribution is 0.410. The normalized spacial score (nSPS) is 16.2. The molecule has 0 N–H and O–H groups in total. The van der Waals surface area contributed by atoms with Gasteiger partial charge in [-0.25, -0.2) is 0 Å². The zero-order valence-corrected chi connectivity index (χ0v) is 20.6. The number of benzene rings is 3. The van der Waals surface area contributed by atoms with Gasteiger partial charge in [-0.15, -0.1) is 0 Å². The van der Waals surface area contributed by atoms with Crippen LogP contribution in [0, 0.1) is 17.7 Å². The van der Waals surface area contributed by atoms with Crippen LogP contribution in [0.5, 0.6) is 0 Å². The Labute approximate surface area is 203 Å². The molecule has 0 unspecified atom stereocenters. The monoisotopic (exact) mass is 444 g/mol. The fraction of sp³-hybridized carbons (Fsp3) is 0.367. The second kappa shape index (κ2) is 7.35. The van der Waals surface area contributed by atoms with Crippen LogP contribution in [-0.2, 0) is 12.8 Å². The molecule has 0 saturated heterocycles. The van der Waals surface area contributed by atoms with Crippen LogP contribution in [0.3, 0.4) is 0 Å². The van der Waals surface area contributed by atoms with E-state index in [1.807, 2.05) is 12.1 Å². The van der Waals surface area contributed by atoms with E-state index >= 15 is 0 Å². The lowest BCUT2D eigenvalue weighted by Crippen LogP contribution is -2.12. The van der Waals surface area contributed by atoms with Crippen LogP contribution in [0.2, 0.25) is 0 Å². The van der Waals surface area contributed by atoms with Crippen LogP contribution in [0.25, 0.3) is 32.8 Å². The zero-order valence-electron chi connectivity index (χ0n) is 24.7. The molecule has 0 fully saturated rings. The molecule has 1 aromatic heterocycles. The first-order valence-corrected chi connectivity index (χ1v) is 12.1. The minimum atomic E-state index is -2.18. The maximum atomic E-state index is 8.65. The van der Waals surface area contributed by atoms with Crippen molar-refractivity contribution in [3.05, 3.63) is 65.3 Å². The van der Waals surface area contributed by atoms with Gasteiger partial charge in [-0.3, -0.25) is 4.98 Å². The highest BCUT2D eigenvalue weighted by Gasteiger charge is 2.27. The third-order valence-electron chi connectivity index (χ3n) is 5.86. The smallest absolute Gasteiger partial charge is 0.0840 e. The predicted octanol–water partition coefficient (Wildman–Crippen LogP) is 9.01. The first kappa shape index (κ1) is 16.3. The molecule has 0 aliphatic carbocycles. The number of pyridine rings is 1. The number of aryl methyl sites for hydroxylation is 1. The fourth-order valence-electron chi connectivity index (χ4n) is 4.76. The van der Waals surface area contributed by atoms with Crippen molar-refractivity contribution in [1.29, 1.82) is 0 Å². The van der Waals surface area contributed by atoms with Gasteiger partial charge < -0.3 is 0 Å². The van der Waals surface area contributed by atoms with E-state index in [0.717, 1.165) is 66.6 Å². The van der Waals surface area contributed by atoms with Gasteiger partial charge >= 0.3 is 0 Å². The van der Waals surface area contributed by atoms with Crippen molar-refractivity contribution >= 4 is 33.3 Å². The van der Waals surface area contributed by atoms with Gasteiger partial charge in [-0.1, -0.05) is 83.1 Å². The van der Waals surface area contributed by atoms with E-state index in [4.69, 9.17) is 6.85 Å². The summed E-state index contributed by atoms with van der Waals surface area (Å²) in [6.07, 6.45) is 1.62. The number of nitrogens with zero attached hydrogens (tertiary/aromatic N) is 1. The maximum Gasteiger partial charge on any atom is 0.0840 e. The number of fused-ring (bicyclic) bond motifs is 3. The third kappa shape index (κ3) is 3.94. The summed E-state index contributed by atoms with van der Waals surface area (Å²) < 4.78 is 41.1. The molecule has 0 spiro atoms. The Hall–Kier alpha value is -2.32. The van der Waals surface area contributed by atoms with Crippen LogP contribution in [0.1, 0.15) is 65.1 Å². The summed E-state index contributed by atoms with van der Waals surface area (Å²) in [4.78, 5) is 6.79. The average molecular weight is 445 g/mol. The first-order valence-electron chi connectivity index (χ1n) is 13.7. The molecule has 2 heterocycles. The molecular formula is C30H33NS. The number of aromatic nitrogens is 1. The fourth-order valence-corrected chi connectivity index (χ4v) is 6.07. The lowest BCUT2D eigenvalue weighted by atomic mass is 9.84. The number of hydrogen-bond acceptors (Lipinski definition) is 2. The molecule has 0 saturated carbocycles. The first-order chi connectivity index (χ1) is 17.0. The maximum absolute atomic E-state index is 8.65. The SMILES string of the molecule is [2H]c1nc2c3c(cc(CC(C)(C)C)cc3c1[2H])Sc1c-2cc2ccc(C([2H])([2H])[2H])cc2c1CC(C)(C)C. The van der Waals surface area contributed by atoms with Crippen molar-refractivity contribution in [2.45, 2.75) is 71.0 Å². The summed E-state index contributed by atoms with van der Waals surface area (Å²) in [7, 11) is 0. The van der Waals surface area contributed by atoms with Gasteiger partial charge in [0.25, 0.3) is 0 Å². The van der Waals surface area contributed by atoms with Crippen LogP contribution in [0.4, 0.5) is 0 Å². The van der Waals surface area contributed by atoms with Gasteiger partial charge in [-0.05, 0) is 76.0 Å². The standard InChI is InChI=1S/C30H33NS/c1-18-8-9-20-15-23-27-26-21(10-11-31-27)13-19(16-29(2,3)4)14-25(26)32-28(23)24(22(20)12-18)17-30(5,6)7/h8-15H,16-17H2,1-7H3/i1D3,10D,11D. The largest absolute Gasteiger partial charge is 0.256 e. The minimum absolute atomic E-state index is 0.0190. The van der Waals surface area contributed by atoms with Crippen molar-refractivity contribution in [3.8, 4) is 11.3 Å². The van der Waals surface area contributed by atoms with E-state index < -0.39 is 6.85 Å². The summed E-state index contributed by atoms with van der Waals surface area (Å²) in [5.41, 5.74) is 4.39. The van der Waals surface area contributed by atoms with Gasteiger partial charge in [0.1, 0.15) is 0 Å². The van der Waals surface area contributed by atoms with Crippen molar-refractivity contribution in [1.82, 2.24) is 4.98 Å². The van der Waals surface area contributed by atoms with E-state index in [1.54, 1.807) is 17.8 Å². The Bertz CT molecular complexity index is 1570. The molecule has 3 aromatic carbocycles. The summed E-state index contributed by atoms with van der Waals surface area (Å²) in [5.74, 6) is 0. The van der Waals surface area contributed by atoms with E-state index in [9.17, 15) is 0 Å². The lowest BCUT2D eigenvalue weighted by Gasteiger charge is -2.28. The molecule has 4 aromatic rings. The highest BCUT2D eigenvalue weighted by molar-refractivity contribution is 7.99. The number of rotatable bonds is 2. The van der Waals surface area contributed by atoms with Crippen LogP contribution in [0.15, 0.2) is 58.4 Å². The average Bonchev–Trinajstić information content (AvgIpc) is 2.74. The van der Waals surface area contributed by atoms with E-state index in [-0.39, 0.29) is 23.0 Å². The van der Waals surface area contributed by atoms with Crippen LogP contribution >= 0.6 is 11.8 Å². The zero-order chi connectivity index (χ0) is 27.1. The van der Waals surface area contributed by atoms with Gasteiger partial charge in [0, 0.05) is 31.0 Å². The van der Waals surface area contributed by atoms with Gasteiger partial charge in [0.15, 0.2) is 0 Å². The van der Waals surface area contributed by atoms with Gasteiger partial charge in [0.05, 0.1) is 8.44 Å². The van der Waals surface area contributed by atoms with Crippen molar-refractivity contribution in [2.24, 2.45) is 10.8 Å². The van der Waals surface area contributed by atoms with Gasteiger partial charge in [0.2, 0.25) is 0 Å². The number of hydrogen-bond donors (Lipinski definition) is 0. The van der Waals surface area contributed by atoms with E-state index in [1.165, 1.54) is 0 Å². The van der Waals surface area contributed by atoms with E-state index in [0.29, 0.717) is 5.56 Å². The topological polar surface area (TPSA) is 12.9 Å². The predicted molar refractivity (Wildman–Crippen MR) is 140 cm³/mol. The highest BCUT2D eigenvalue weighted by Crippen LogP contribution is 2.51. The van der Waals surface area contributed by atoms with Crippen molar-refractivity contribution in [3.63, 3.8) is 0 Å². The third-order valence-corrected chi connectivity index (χ3v) is 7.08. The Balaban J connectivity index is 1.87. The molecule has 32 heavy (non-hydrogen) atoms. The Kier molecular flexibility index (Phi) is 3.75. The minimum Gasteiger partial charge on any atom is -0.256 e. The molecule has 0 radical (unpaired) electrons. The Morgan fingerprint density at radius 2 is 1.72 bits per heavy atom. The summed E-state index contributed by atoms with van der Waals surface area (Å²) in [6, 6.07) is 12.0. The second-order valence-electron chi connectivity index (χ2n) is 11.5. The molecule has 2 heteroatoms. The van der Waals surface area contributed by atoms with Crippen molar-refractivity contribution in [2.75, 3.05) is 0 Å². The molecule has 0 bridgehead atoms. The molecule has 1 aliphatic rings. The molecule has 0 amide bonds. The van der Waals surface area contributed by atoms with E-state index in [2.05, 4.69) is 64.7 Å². The van der Waals surface area contributed by atoms with Crippen molar-refractivity contribution < 1.29 is 6.85 Å². The molecule has 1 nitrogen and oxygen atoms in total. The summed E-state index contributed by atoms with van der Waals surface area (Å²) >= 11 is 1.70. The molecule has 5 rings (SSSR count). The second-order valence-corrected chi connectivity index (χ2v) is 12.5.